The number of aromatic nitrogens is 2. The van der Waals surface area contributed by atoms with E-state index < -0.39 is 17.3 Å². The Hall–Kier alpha value is -4.27. The molecule has 0 unspecified atom stereocenters. The molecule has 0 N–H and O–H groups in total. The highest BCUT2D eigenvalue weighted by molar-refractivity contribution is 5.80. The standard InChI is InChI=1S/C26H21F3N2O4/c1-33-21-13-16(14-22(34-2)24(21)35-3)11-12-23-30-20-10-5-4-9-19(20)25(32)31(23)18-8-6-7-17(15-18)26(27,28)29/h4-15H,1-3H3/b12-11+. The van der Waals surface area contributed by atoms with Gasteiger partial charge in [0.2, 0.25) is 5.75 Å². The van der Waals surface area contributed by atoms with Gasteiger partial charge in [-0.05, 0) is 54.1 Å². The van der Waals surface area contributed by atoms with E-state index in [9.17, 15) is 18.0 Å². The number of methoxy groups -OCH3 is 3. The summed E-state index contributed by atoms with van der Waals surface area (Å²) < 4.78 is 57.3. The Kier molecular flexibility index (Phi) is 6.50. The molecule has 0 saturated carbocycles. The molecular formula is C26H21F3N2O4. The van der Waals surface area contributed by atoms with Gasteiger partial charge in [0.25, 0.3) is 5.56 Å². The van der Waals surface area contributed by atoms with Gasteiger partial charge in [-0.3, -0.25) is 9.36 Å². The highest BCUT2D eigenvalue weighted by Crippen LogP contribution is 2.38. The minimum atomic E-state index is -4.56. The van der Waals surface area contributed by atoms with Crippen LogP contribution in [0.1, 0.15) is 17.0 Å². The Bertz CT molecular complexity index is 1450. The maximum Gasteiger partial charge on any atom is 0.416 e. The number of fused-ring (bicyclic) bond motifs is 1. The summed E-state index contributed by atoms with van der Waals surface area (Å²) in [5.74, 6) is 1.42. The van der Waals surface area contributed by atoms with E-state index in [1.165, 1.54) is 33.5 Å². The minimum absolute atomic E-state index is 0.0487. The predicted molar refractivity (Wildman–Crippen MR) is 127 cm³/mol. The van der Waals surface area contributed by atoms with Crippen molar-refractivity contribution in [3.63, 3.8) is 0 Å². The highest BCUT2D eigenvalue weighted by atomic mass is 19.4. The van der Waals surface area contributed by atoms with Gasteiger partial charge in [-0.2, -0.15) is 13.2 Å². The van der Waals surface area contributed by atoms with Crippen LogP contribution < -0.4 is 19.8 Å². The van der Waals surface area contributed by atoms with Crippen LogP contribution in [0, 0.1) is 0 Å². The molecular weight excluding hydrogens is 461 g/mol. The average Bonchev–Trinajstić information content (AvgIpc) is 2.86. The lowest BCUT2D eigenvalue weighted by Crippen LogP contribution is -2.22. The zero-order valence-corrected chi connectivity index (χ0v) is 19.1. The van der Waals surface area contributed by atoms with Gasteiger partial charge < -0.3 is 14.2 Å². The number of nitrogens with zero attached hydrogens (tertiary/aromatic N) is 2. The lowest BCUT2D eigenvalue weighted by Gasteiger charge is -2.14. The predicted octanol–water partition coefficient (Wildman–Crippen LogP) is 5.60. The van der Waals surface area contributed by atoms with E-state index in [0.717, 1.165) is 16.7 Å². The normalized spacial score (nSPS) is 11.7. The smallest absolute Gasteiger partial charge is 0.416 e. The molecule has 1 aromatic heterocycles. The van der Waals surface area contributed by atoms with Crippen molar-refractivity contribution >= 4 is 23.1 Å². The zero-order chi connectivity index (χ0) is 25.2. The molecule has 9 heteroatoms. The molecule has 3 aromatic carbocycles. The third-order valence-electron chi connectivity index (χ3n) is 5.35. The van der Waals surface area contributed by atoms with Gasteiger partial charge in [0.05, 0.1) is 43.5 Å². The summed E-state index contributed by atoms with van der Waals surface area (Å²) >= 11 is 0. The molecule has 4 aromatic rings. The molecule has 4 rings (SSSR count). The number of benzene rings is 3. The first-order valence-corrected chi connectivity index (χ1v) is 10.4. The van der Waals surface area contributed by atoms with Crippen molar-refractivity contribution in [1.82, 2.24) is 9.55 Å². The SMILES string of the molecule is COc1cc(/C=C/c2nc3ccccc3c(=O)n2-c2cccc(C(F)(F)F)c2)cc(OC)c1OC. The van der Waals surface area contributed by atoms with Crippen molar-refractivity contribution in [1.29, 1.82) is 0 Å². The number of rotatable bonds is 6. The molecule has 0 radical (unpaired) electrons. The lowest BCUT2D eigenvalue weighted by atomic mass is 10.1. The maximum absolute atomic E-state index is 13.4. The molecule has 0 amide bonds. The molecule has 180 valence electrons. The number of ether oxygens (including phenoxy) is 3. The lowest BCUT2D eigenvalue weighted by molar-refractivity contribution is -0.137. The summed E-state index contributed by atoms with van der Waals surface area (Å²) in [6.07, 6.45) is -1.35. The second kappa shape index (κ2) is 9.54. The van der Waals surface area contributed by atoms with Crippen LogP contribution in [0.3, 0.4) is 0 Å². The molecule has 0 aliphatic carbocycles. The Morgan fingerprint density at radius 3 is 2.17 bits per heavy atom. The van der Waals surface area contributed by atoms with Gasteiger partial charge in [0, 0.05) is 0 Å². The van der Waals surface area contributed by atoms with Crippen LogP contribution in [0.15, 0.2) is 65.5 Å². The van der Waals surface area contributed by atoms with Gasteiger partial charge in [-0.25, -0.2) is 4.98 Å². The van der Waals surface area contributed by atoms with Gasteiger partial charge in [0.1, 0.15) is 5.82 Å². The molecule has 0 aliphatic heterocycles. The third-order valence-corrected chi connectivity index (χ3v) is 5.35. The van der Waals surface area contributed by atoms with Gasteiger partial charge in [0.15, 0.2) is 11.5 Å². The molecule has 0 spiro atoms. The van der Waals surface area contributed by atoms with Crippen molar-refractivity contribution in [3.05, 3.63) is 88.0 Å². The van der Waals surface area contributed by atoms with Gasteiger partial charge >= 0.3 is 6.18 Å². The van der Waals surface area contributed by atoms with Crippen molar-refractivity contribution in [3.8, 4) is 22.9 Å². The van der Waals surface area contributed by atoms with Crippen molar-refractivity contribution < 1.29 is 27.4 Å². The van der Waals surface area contributed by atoms with Gasteiger partial charge in [-0.1, -0.05) is 24.3 Å². The number of hydrogen-bond acceptors (Lipinski definition) is 5. The van der Waals surface area contributed by atoms with E-state index in [4.69, 9.17) is 14.2 Å². The van der Waals surface area contributed by atoms with Crippen molar-refractivity contribution in [2.24, 2.45) is 0 Å². The maximum atomic E-state index is 13.4. The number of para-hydroxylation sites is 1. The fourth-order valence-corrected chi connectivity index (χ4v) is 3.70. The summed E-state index contributed by atoms with van der Waals surface area (Å²) in [4.78, 5) is 17.9. The fraction of sp³-hybridized carbons (Fsp3) is 0.154. The average molecular weight is 482 g/mol. The fourth-order valence-electron chi connectivity index (χ4n) is 3.70. The first-order chi connectivity index (χ1) is 16.8. The van der Waals surface area contributed by atoms with Gasteiger partial charge in [-0.15, -0.1) is 0 Å². The second-order valence-corrected chi connectivity index (χ2v) is 7.47. The Morgan fingerprint density at radius 1 is 0.857 bits per heavy atom. The minimum Gasteiger partial charge on any atom is -0.493 e. The zero-order valence-electron chi connectivity index (χ0n) is 19.1. The topological polar surface area (TPSA) is 62.6 Å². The van der Waals surface area contributed by atoms with Crippen molar-refractivity contribution in [2.75, 3.05) is 21.3 Å². The van der Waals surface area contributed by atoms with Crippen molar-refractivity contribution in [2.45, 2.75) is 6.18 Å². The number of halogens is 3. The number of hydrogen-bond donors (Lipinski definition) is 0. The van der Waals surface area contributed by atoms with E-state index in [0.29, 0.717) is 28.3 Å². The molecule has 0 aliphatic rings. The summed E-state index contributed by atoms with van der Waals surface area (Å²) in [6, 6.07) is 14.6. The van der Waals surface area contributed by atoms with Crippen LogP contribution >= 0.6 is 0 Å². The largest absolute Gasteiger partial charge is 0.493 e. The number of alkyl halides is 3. The van der Waals surface area contributed by atoms with Crippen LogP contribution in [0.5, 0.6) is 17.2 Å². The summed E-state index contributed by atoms with van der Waals surface area (Å²) in [5.41, 5.74) is -0.246. The third kappa shape index (κ3) is 4.70. The summed E-state index contributed by atoms with van der Waals surface area (Å²) in [7, 11) is 4.46. The Balaban J connectivity index is 1.92. The Labute approximate surface area is 198 Å². The first kappa shape index (κ1) is 23.9. The molecule has 0 fully saturated rings. The van der Waals surface area contributed by atoms with Crippen LogP contribution in [0.4, 0.5) is 13.2 Å². The second-order valence-electron chi connectivity index (χ2n) is 7.47. The molecule has 0 saturated heterocycles. The van der Waals surface area contributed by atoms with Crippen LogP contribution in [0.25, 0.3) is 28.7 Å². The summed E-state index contributed by atoms with van der Waals surface area (Å²) in [6.45, 7) is 0. The highest BCUT2D eigenvalue weighted by Gasteiger charge is 2.30. The van der Waals surface area contributed by atoms with E-state index >= 15 is 0 Å². The van der Waals surface area contributed by atoms with Crippen LogP contribution in [-0.4, -0.2) is 30.9 Å². The van der Waals surface area contributed by atoms with Crippen LogP contribution in [-0.2, 0) is 6.18 Å². The summed E-state index contributed by atoms with van der Waals surface area (Å²) in [5, 5.41) is 0.287. The monoisotopic (exact) mass is 482 g/mol. The van der Waals surface area contributed by atoms with Crippen LogP contribution in [0.2, 0.25) is 0 Å². The Morgan fingerprint density at radius 2 is 1.54 bits per heavy atom. The molecule has 1 heterocycles. The van der Waals surface area contributed by atoms with E-state index in [-0.39, 0.29) is 16.9 Å². The molecule has 35 heavy (non-hydrogen) atoms. The quantitative estimate of drug-likeness (QED) is 0.358. The molecule has 0 atom stereocenters. The molecule has 0 bridgehead atoms. The van der Waals surface area contributed by atoms with E-state index in [1.807, 2.05) is 0 Å². The molecule has 6 nitrogen and oxygen atoms in total. The van der Waals surface area contributed by atoms with E-state index in [1.54, 1.807) is 48.6 Å². The first-order valence-electron chi connectivity index (χ1n) is 10.4. The van der Waals surface area contributed by atoms with E-state index in [2.05, 4.69) is 4.98 Å².